The van der Waals surface area contributed by atoms with E-state index >= 15 is 0 Å². The van der Waals surface area contributed by atoms with E-state index in [1.165, 1.54) is 12.1 Å². The van der Waals surface area contributed by atoms with Gasteiger partial charge >= 0.3 is 0 Å². The lowest BCUT2D eigenvalue weighted by Gasteiger charge is -2.11. The molecule has 1 aromatic heterocycles. The van der Waals surface area contributed by atoms with Crippen LogP contribution in [0.3, 0.4) is 0 Å². The average molecular weight is 380 g/mol. The Kier molecular flexibility index (Phi) is 4.20. The van der Waals surface area contributed by atoms with Gasteiger partial charge in [0.1, 0.15) is 5.82 Å². The molecule has 27 heavy (non-hydrogen) atoms. The van der Waals surface area contributed by atoms with Crippen LogP contribution in [0.5, 0.6) is 0 Å². The number of hydrogen-bond donors (Lipinski definition) is 2. The first-order valence-corrected chi connectivity index (χ1v) is 9.88. The molecule has 0 aliphatic rings. The fourth-order valence-electron chi connectivity index (χ4n) is 3.05. The van der Waals surface area contributed by atoms with E-state index in [0.717, 1.165) is 28.2 Å². The van der Waals surface area contributed by atoms with Gasteiger partial charge in [-0.25, -0.2) is 12.8 Å². The van der Waals surface area contributed by atoms with Crippen LogP contribution in [0.4, 0.5) is 10.1 Å². The molecular formula is C21H17FN2O2S. The number of H-pyrrole nitrogens is 1. The maximum absolute atomic E-state index is 13.5. The van der Waals surface area contributed by atoms with Crippen LogP contribution < -0.4 is 4.72 Å². The molecule has 4 rings (SSSR count). The Morgan fingerprint density at radius 2 is 1.74 bits per heavy atom. The van der Waals surface area contributed by atoms with E-state index in [1.54, 1.807) is 25.1 Å². The van der Waals surface area contributed by atoms with Gasteiger partial charge in [-0.1, -0.05) is 36.4 Å². The molecule has 0 bridgehead atoms. The van der Waals surface area contributed by atoms with Crippen LogP contribution in [0, 0.1) is 12.7 Å². The molecule has 0 aliphatic heterocycles. The lowest BCUT2D eigenvalue weighted by atomic mass is 10.1. The number of aryl methyl sites for hydroxylation is 1. The van der Waals surface area contributed by atoms with Crippen molar-refractivity contribution < 1.29 is 12.8 Å². The number of aromatic amines is 1. The summed E-state index contributed by atoms with van der Waals surface area (Å²) in [6, 6.07) is 20.7. The lowest BCUT2D eigenvalue weighted by Crippen LogP contribution is -2.14. The highest BCUT2D eigenvalue weighted by Crippen LogP contribution is 2.27. The number of para-hydroxylation sites is 1. The molecule has 0 amide bonds. The summed E-state index contributed by atoms with van der Waals surface area (Å²) >= 11 is 0. The van der Waals surface area contributed by atoms with E-state index in [2.05, 4.69) is 9.71 Å². The van der Waals surface area contributed by atoms with Crippen molar-refractivity contribution >= 4 is 26.6 Å². The molecule has 0 saturated carbocycles. The first-order valence-electron chi connectivity index (χ1n) is 8.39. The number of nitrogens with one attached hydrogen (secondary N) is 2. The predicted octanol–water partition coefficient (Wildman–Crippen LogP) is 5.08. The molecule has 0 aliphatic carbocycles. The van der Waals surface area contributed by atoms with Crippen LogP contribution in [-0.2, 0) is 10.0 Å². The average Bonchev–Trinajstić information content (AvgIpc) is 3.08. The summed E-state index contributed by atoms with van der Waals surface area (Å²) < 4.78 is 41.4. The molecule has 3 aromatic carbocycles. The van der Waals surface area contributed by atoms with E-state index < -0.39 is 15.8 Å². The Balaban J connectivity index is 1.69. The molecule has 1 heterocycles. The van der Waals surface area contributed by atoms with Crippen molar-refractivity contribution in [2.75, 3.05) is 4.72 Å². The van der Waals surface area contributed by atoms with Crippen molar-refractivity contribution in [3.8, 4) is 11.3 Å². The first kappa shape index (κ1) is 17.3. The maximum atomic E-state index is 13.5. The van der Waals surface area contributed by atoms with Crippen molar-refractivity contribution in [3.63, 3.8) is 0 Å². The second-order valence-corrected chi connectivity index (χ2v) is 8.02. The summed E-state index contributed by atoms with van der Waals surface area (Å²) in [7, 11) is -3.89. The Labute approximate surface area is 156 Å². The molecule has 0 radical (unpaired) electrons. The van der Waals surface area contributed by atoms with E-state index in [-0.39, 0.29) is 4.90 Å². The number of fused-ring (bicyclic) bond motifs is 1. The molecule has 0 spiro atoms. The monoisotopic (exact) mass is 380 g/mol. The second kappa shape index (κ2) is 6.55. The van der Waals surface area contributed by atoms with Gasteiger partial charge in [0, 0.05) is 27.8 Å². The topological polar surface area (TPSA) is 62.0 Å². The van der Waals surface area contributed by atoms with Gasteiger partial charge in [-0.2, -0.15) is 0 Å². The zero-order chi connectivity index (χ0) is 19.0. The zero-order valence-electron chi connectivity index (χ0n) is 14.5. The van der Waals surface area contributed by atoms with Gasteiger partial charge in [-0.05, 0) is 48.9 Å². The van der Waals surface area contributed by atoms with Gasteiger partial charge in [0.15, 0.2) is 0 Å². The Hall–Kier alpha value is -3.12. The summed E-state index contributed by atoms with van der Waals surface area (Å²) in [5.74, 6) is -0.590. The Morgan fingerprint density at radius 1 is 0.926 bits per heavy atom. The van der Waals surface area contributed by atoms with E-state index in [0.29, 0.717) is 11.3 Å². The van der Waals surface area contributed by atoms with Crippen molar-refractivity contribution in [3.05, 3.63) is 84.2 Å². The molecule has 0 saturated heterocycles. The van der Waals surface area contributed by atoms with Gasteiger partial charge in [-0.3, -0.25) is 4.72 Å². The Bertz CT molecular complexity index is 1210. The summed E-state index contributed by atoms with van der Waals surface area (Å²) in [6.07, 6.45) is 0. The van der Waals surface area contributed by atoms with Crippen LogP contribution in [-0.4, -0.2) is 13.4 Å². The lowest BCUT2D eigenvalue weighted by molar-refractivity contribution is 0.594. The standard InChI is InChI=1S/C21H17FN2O2S/c1-14-9-10-17(22)13-21(14)27(25,26)24-18-7-4-6-15(11-18)20-12-16-5-2-3-8-19(16)23-20/h2-13,23-24H,1H3. The van der Waals surface area contributed by atoms with Gasteiger partial charge < -0.3 is 4.98 Å². The fraction of sp³-hybridized carbons (Fsp3) is 0.0476. The third-order valence-electron chi connectivity index (χ3n) is 4.40. The van der Waals surface area contributed by atoms with Crippen molar-refractivity contribution in [2.45, 2.75) is 11.8 Å². The molecular weight excluding hydrogens is 363 g/mol. The highest BCUT2D eigenvalue weighted by Gasteiger charge is 2.18. The van der Waals surface area contributed by atoms with Gasteiger partial charge in [0.05, 0.1) is 4.90 Å². The third kappa shape index (κ3) is 3.44. The Morgan fingerprint density at radius 3 is 2.56 bits per heavy atom. The molecule has 6 heteroatoms. The minimum atomic E-state index is -3.89. The van der Waals surface area contributed by atoms with Gasteiger partial charge in [0.25, 0.3) is 10.0 Å². The number of halogens is 1. The smallest absolute Gasteiger partial charge is 0.262 e. The van der Waals surface area contributed by atoms with Crippen LogP contribution in [0.2, 0.25) is 0 Å². The van der Waals surface area contributed by atoms with Gasteiger partial charge in [-0.15, -0.1) is 0 Å². The number of rotatable bonds is 4. The van der Waals surface area contributed by atoms with Crippen LogP contribution in [0.25, 0.3) is 22.2 Å². The molecule has 4 nitrogen and oxygen atoms in total. The van der Waals surface area contributed by atoms with E-state index in [4.69, 9.17) is 0 Å². The minimum absolute atomic E-state index is 0.0708. The number of anilines is 1. The van der Waals surface area contributed by atoms with Crippen LogP contribution in [0.1, 0.15) is 5.56 Å². The first-order chi connectivity index (χ1) is 12.9. The highest BCUT2D eigenvalue weighted by molar-refractivity contribution is 7.92. The maximum Gasteiger partial charge on any atom is 0.262 e. The van der Waals surface area contributed by atoms with Crippen molar-refractivity contribution in [2.24, 2.45) is 0 Å². The molecule has 0 atom stereocenters. The molecule has 0 unspecified atom stereocenters. The van der Waals surface area contributed by atoms with Crippen molar-refractivity contribution in [1.29, 1.82) is 0 Å². The molecule has 136 valence electrons. The van der Waals surface area contributed by atoms with Crippen molar-refractivity contribution in [1.82, 2.24) is 4.98 Å². The highest BCUT2D eigenvalue weighted by atomic mass is 32.2. The second-order valence-electron chi connectivity index (χ2n) is 6.37. The van der Waals surface area contributed by atoms with Crippen LogP contribution >= 0.6 is 0 Å². The quantitative estimate of drug-likeness (QED) is 0.518. The number of hydrogen-bond acceptors (Lipinski definition) is 2. The van der Waals surface area contributed by atoms with E-state index in [1.807, 2.05) is 36.4 Å². The number of benzene rings is 3. The summed E-state index contributed by atoms with van der Waals surface area (Å²) in [6.45, 7) is 1.63. The zero-order valence-corrected chi connectivity index (χ0v) is 15.3. The normalized spacial score (nSPS) is 11.6. The number of sulfonamides is 1. The van der Waals surface area contributed by atoms with Crippen LogP contribution in [0.15, 0.2) is 77.7 Å². The fourth-order valence-corrected chi connectivity index (χ4v) is 4.36. The summed E-state index contributed by atoms with van der Waals surface area (Å²) in [5.41, 5.74) is 3.64. The van der Waals surface area contributed by atoms with Gasteiger partial charge in [0.2, 0.25) is 0 Å². The molecule has 2 N–H and O–H groups in total. The number of aromatic nitrogens is 1. The molecule has 4 aromatic rings. The largest absolute Gasteiger partial charge is 0.355 e. The SMILES string of the molecule is Cc1ccc(F)cc1S(=O)(=O)Nc1cccc(-c2cc3ccccc3[nH]2)c1. The summed E-state index contributed by atoms with van der Waals surface area (Å²) in [4.78, 5) is 3.25. The third-order valence-corrected chi connectivity index (χ3v) is 5.92. The minimum Gasteiger partial charge on any atom is -0.355 e. The molecule has 0 fully saturated rings. The van der Waals surface area contributed by atoms with E-state index in [9.17, 15) is 12.8 Å². The predicted molar refractivity (Wildman–Crippen MR) is 106 cm³/mol. The summed E-state index contributed by atoms with van der Waals surface area (Å²) in [5, 5.41) is 1.08.